The lowest BCUT2D eigenvalue weighted by Crippen LogP contribution is -2.21. The van der Waals surface area contributed by atoms with E-state index in [1.54, 1.807) is 12.4 Å². The number of rotatable bonds is 1. The van der Waals surface area contributed by atoms with Gasteiger partial charge in [-0.05, 0) is 17.4 Å². The number of nitrogens with zero attached hydrogens (tertiary/aromatic N) is 2. The zero-order valence-corrected chi connectivity index (χ0v) is 9.53. The smallest absolute Gasteiger partial charge is 0.188 e. The summed E-state index contributed by atoms with van der Waals surface area (Å²) in [6.07, 6.45) is 7.47. The fraction of sp³-hybridized carbons (Fsp3) is 0.308. The van der Waals surface area contributed by atoms with E-state index in [0.29, 0.717) is 17.6 Å². The number of allylic oxidation sites excluding steroid dienone is 3. The third kappa shape index (κ3) is 1.94. The molecule has 1 heterocycles. The van der Waals surface area contributed by atoms with Crippen molar-refractivity contribution in [1.82, 2.24) is 9.97 Å². The molecule has 1 aromatic heterocycles. The molecular weight excluding hydrogens is 200 g/mol. The molecule has 1 aromatic rings. The van der Waals surface area contributed by atoms with Crippen LogP contribution in [0.4, 0.5) is 0 Å². The van der Waals surface area contributed by atoms with Gasteiger partial charge in [0.15, 0.2) is 5.78 Å². The molecule has 0 saturated carbocycles. The molecule has 0 spiro atoms. The van der Waals surface area contributed by atoms with E-state index in [-0.39, 0.29) is 11.2 Å². The summed E-state index contributed by atoms with van der Waals surface area (Å²) in [5, 5.41) is 0. The molecule has 2 rings (SSSR count). The highest BCUT2D eigenvalue weighted by molar-refractivity contribution is 6.29. The lowest BCUT2D eigenvalue weighted by Gasteiger charge is -2.28. The predicted octanol–water partition coefficient (Wildman–Crippen LogP) is 2.42. The number of ketones is 1. The van der Waals surface area contributed by atoms with Crippen molar-refractivity contribution < 1.29 is 4.79 Å². The molecule has 82 valence electrons. The number of aromatic nitrogens is 2. The highest BCUT2D eigenvalue weighted by atomic mass is 16.1. The van der Waals surface area contributed by atoms with Crippen molar-refractivity contribution in [1.29, 1.82) is 0 Å². The van der Waals surface area contributed by atoms with Gasteiger partial charge in [-0.3, -0.25) is 4.79 Å². The second kappa shape index (κ2) is 3.67. The molecule has 0 atom stereocenters. The summed E-state index contributed by atoms with van der Waals surface area (Å²) in [5.41, 5.74) is 2.06. The first kappa shape index (κ1) is 10.7. The second-order valence-electron chi connectivity index (χ2n) is 4.78. The van der Waals surface area contributed by atoms with Crippen molar-refractivity contribution in [2.24, 2.45) is 5.41 Å². The normalized spacial score (nSPS) is 19.5. The molecule has 1 aliphatic rings. The summed E-state index contributed by atoms with van der Waals surface area (Å²) in [4.78, 5) is 19.9. The maximum atomic E-state index is 12.0. The average molecular weight is 214 g/mol. The highest BCUT2D eigenvalue weighted by Crippen LogP contribution is 2.37. The zero-order chi connectivity index (χ0) is 11.8. The zero-order valence-electron chi connectivity index (χ0n) is 9.53. The Morgan fingerprint density at radius 2 is 1.94 bits per heavy atom. The van der Waals surface area contributed by atoms with E-state index in [9.17, 15) is 4.79 Å². The average Bonchev–Trinajstić information content (AvgIpc) is 2.24. The predicted molar refractivity (Wildman–Crippen MR) is 62.6 cm³/mol. The van der Waals surface area contributed by atoms with Crippen LogP contribution in [0.2, 0.25) is 0 Å². The molecule has 0 radical (unpaired) electrons. The van der Waals surface area contributed by atoms with Crippen LogP contribution in [0.5, 0.6) is 0 Å². The molecular formula is C13H14N2O. The Labute approximate surface area is 94.9 Å². The lowest BCUT2D eigenvalue weighted by atomic mass is 9.75. The van der Waals surface area contributed by atoms with Crippen molar-refractivity contribution in [2.45, 2.75) is 20.3 Å². The first-order valence-electron chi connectivity index (χ1n) is 5.20. The quantitative estimate of drug-likeness (QED) is 0.674. The van der Waals surface area contributed by atoms with Gasteiger partial charge in [-0.1, -0.05) is 26.5 Å². The van der Waals surface area contributed by atoms with Crippen LogP contribution in [0.3, 0.4) is 0 Å². The van der Waals surface area contributed by atoms with Crippen LogP contribution in [0, 0.1) is 5.41 Å². The molecule has 16 heavy (non-hydrogen) atoms. The monoisotopic (exact) mass is 214 g/mol. The Kier molecular flexibility index (Phi) is 2.46. The first-order valence-corrected chi connectivity index (χ1v) is 5.20. The van der Waals surface area contributed by atoms with Crippen molar-refractivity contribution in [3.05, 3.63) is 42.5 Å². The van der Waals surface area contributed by atoms with Gasteiger partial charge in [-0.15, -0.1) is 0 Å². The largest absolute Gasteiger partial charge is 0.289 e. The van der Waals surface area contributed by atoms with Crippen LogP contribution < -0.4 is 0 Å². The fourth-order valence-corrected chi connectivity index (χ4v) is 1.98. The number of carbonyl (C=O) groups excluding carboxylic acids is 1. The third-order valence-electron chi connectivity index (χ3n) is 2.64. The van der Waals surface area contributed by atoms with Gasteiger partial charge in [-0.2, -0.15) is 0 Å². The van der Waals surface area contributed by atoms with Gasteiger partial charge < -0.3 is 0 Å². The van der Waals surface area contributed by atoms with Gasteiger partial charge in [0.05, 0.1) is 0 Å². The Morgan fingerprint density at radius 1 is 1.31 bits per heavy atom. The standard InChI is InChI=1S/C13H14N2O/c1-9-4-13(2,3)5-11(12(9)16)10-6-14-8-15-7-10/h5-8H,1,4H2,2-3H3. The Balaban J connectivity index is 2.51. The third-order valence-corrected chi connectivity index (χ3v) is 2.64. The second-order valence-corrected chi connectivity index (χ2v) is 4.78. The fourth-order valence-electron chi connectivity index (χ4n) is 1.98. The molecule has 0 bridgehead atoms. The van der Waals surface area contributed by atoms with Gasteiger partial charge in [0.25, 0.3) is 0 Å². The Bertz CT molecular complexity index is 472. The molecule has 0 unspecified atom stereocenters. The van der Waals surface area contributed by atoms with Gasteiger partial charge in [0.2, 0.25) is 0 Å². The SMILES string of the molecule is C=C1CC(C)(C)C=C(c2cncnc2)C1=O. The van der Waals surface area contributed by atoms with E-state index in [1.807, 2.05) is 6.08 Å². The van der Waals surface area contributed by atoms with Crippen molar-refractivity contribution >= 4 is 11.4 Å². The summed E-state index contributed by atoms with van der Waals surface area (Å²) < 4.78 is 0. The van der Waals surface area contributed by atoms with E-state index in [0.717, 1.165) is 5.56 Å². The molecule has 0 aliphatic heterocycles. The maximum Gasteiger partial charge on any atom is 0.188 e. The van der Waals surface area contributed by atoms with Gasteiger partial charge in [0.1, 0.15) is 6.33 Å². The molecule has 3 heteroatoms. The maximum absolute atomic E-state index is 12.0. The van der Waals surface area contributed by atoms with Gasteiger partial charge >= 0.3 is 0 Å². The summed E-state index contributed by atoms with van der Waals surface area (Å²) in [5.74, 6) is 0.00845. The van der Waals surface area contributed by atoms with Crippen molar-refractivity contribution in [3.63, 3.8) is 0 Å². The number of carbonyl (C=O) groups is 1. The van der Waals surface area contributed by atoms with E-state index in [2.05, 4.69) is 30.4 Å². The summed E-state index contributed by atoms with van der Waals surface area (Å²) in [6, 6.07) is 0. The number of Topliss-reactive ketones (excluding diaryl/α,β-unsaturated/α-hetero) is 1. The number of hydrogen-bond acceptors (Lipinski definition) is 3. The van der Waals surface area contributed by atoms with Gasteiger partial charge in [-0.25, -0.2) is 9.97 Å². The molecule has 0 amide bonds. The Morgan fingerprint density at radius 3 is 2.56 bits per heavy atom. The summed E-state index contributed by atoms with van der Waals surface area (Å²) in [6.45, 7) is 8.02. The van der Waals surface area contributed by atoms with Crippen LogP contribution in [0.15, 0.2) is 36.9 Å². The lowest BCUT2D eigenvalue weighted by molar-refractivity contribution is -0.111. The molecule has 1 aliphatic carbocycles. The van der Waals surface area contributed by atoms with E-state index >= 15 is 0 Å². The molecule has 3 nitrogen and oxygen atoms in total. The van der Waals surface area contributed by atoms with E-state index < -0.39 is 0 Å². The van der Waals surface area contributed by atoms with Gasteiger partial charge in [0, 0.05) is 23.5 Å². The number of hydrogen-bond donors (Lipinski definition) is 0. The summed E-state index contributed by atoms with van der Waals surface area (Å²) >= 11 is 0. The van der Waals surface area contributed by atoms with Crippen LogP contribution in [-0.4, -0.2) is 15.8 Å². The minimum absolute atomic E-state index is 0.00845. The molecule has 0 saturated heterocycles. The molecule has 0 aromatic carbocycles. The Hall–Kier alpha value is -1.77. The highest BCUT2D eigenvalue weighted by Gasteiger charge is 2.29. The minimum Gasteiger partial charge on any atom is -0.289 e. The van der Waals surface area contributed by atoms with Crippen molar-refractivity contribution in [2.75, 3.05) is 0 Å². The minimum atomic E-state index is -0.0316. The van der Waals surface area contributed by atoms with Crippen molar-refractivity contribution in [3.8, 4) is 0 Å². The molecule has 0 fully saturated rings. The van der Waals surface area contributed by atoms with Crippen LogP contribution in [0.1, 0.15) is 25.8 Å². The van der Waals surface area contributed by atoms with Crippen LogP contribution in [-0.2, 0) is 4.79 Å². The van der Waals surface area contributed by atoms with Crippen LogP contribution in [0.25, 0.3) is 5.57 Å². The summed E-state index contributed by atoms with van der Waals surface area (Å²) in [7, 11) is 0. The molecule has 0 N–H and O–H groups in total. The van der Waals surface area contributed by atoms with E-state index in [4.69, 9.17) is 0 Å². The van der Waals surface area contributed by atoms with E-state index in [1.165, 1.54) is 6.33 Å². The van der Waals surface area contributed by atoms with Crippen LogP contribution >= 0.6 is 0 Å². The first-order chi connectivity index (χ1) is 7.49. The topological polar surface area (TPSA) is 42.9 Å².